The minimum atomic E-state index is -0.883. The number of ketones is 1. The summed E-state index contributed by atoms with van der Waals surface area (Å²) in [5, 5.41) is -0.720. The topological polar surface area (TPSA) is 30.0 Å². The molecule has 0 N–H and O–H groups in total. The molecule has 0 aliphatic carbocycles. The first-order valence-electron chi connectivity index (χ1n) is 5.12. The second-order valence-corrected chi connectivity index (χ2v) is 4.54. The van der Waals surface area contributed by atoms with Crippen LogP contribution in [0.15, 0.2) is 42.7 Å². The molecule has 1 aromatic carbocycles. The quantitative estimate of drug-likeness (QED) is 0.629. The minimum absolute atomic E-state index is 0.150. The summed E-state index contributed by atoms with van der Waals surface area (Å²) >= 11 is 11.8. The first-order chi connectivity index (χ1) is 8.58. The highest BCUT2D eigenvalue weighted by Gasteiger charge is 2.20. The predicted molar refractivity (Wildman–Crippen MR) is 68.6 cm³/mol. The summed E-state index contributed by atoms with van der Waals surface area (Å²) in [6.45, 7) is 0. The number of benzene rings is 1. The van der Waals surface area contributed by atoms with Crippen molar-refractivity contribution in [2.24, 2.45) is 0 Å². The van der Waals surface area contributed by atoms with E-state index in [1.165, 1.54) is 18.5 Å². The van der Waals surface area contributed by atoms with E-state index in [4.69, 9.17) is 23.2 Å². The summed E-state index contributed by atoms with van der Waals surface area (Å²) in [5.41, 5.74) is 0.758. The highest BCUT2D eigenvalue weighted by atomic mass is 35.5. The van der Waals surface area contributed by atoms with Gasteiger partial charge in [0.05, 0.1) is 0 Å². The highest BCUT2D eigenvalue weighted by Crippen LogP contribution is 2.26. The number of halogens is 3. The van der Waals surface area contributed by atoms with Gasteiger partial charge in [0, 0.05) is 23.0 Å². The third kappa shape index (κ3) is 2.86. The maximum absolute atomic E-state index is 13.2. The molecule has 92 valence electrons. The molecule has 1 aromatic heterocycles. The van der Waals surface area contributed by atoms with Crippen LogP contribution in [-0.2, 0) is 0 Å². The average molecular weight is 284 g/mol. The maximum atomic E-state index is 13.2. The summed E-state index contributed by atoms with van der Waals surface area (Å²) < 4.78 is 13.2. The zero-order valence-electron chi connectivity index (χ0n) is 9.11. The van der Waals surface area contributed by atoms with Crippen molar-refractivity contribution in [1.29, 1.82) is 0 Å². The van der Waals surface area contributed by atoms with Gasteiger partial charge in [-0.3, -0.25) is 9.78 Å². The molecule has 0 saturated carbocycles. The lowest BCUT2D eigenvalue weighted by molar-refractivity contribution is 0.0986. The molecule has 18 heavy (non-hydrogen) atoms. The van der Waals surface area contributed by atoms with Crippen LogP contribution in [0.5, 0.6) is 0 Å². The summed E-state index contributed by atoms with van der Waals surface area (Å²) in [6.07, 6.45) is 3.08. The van der Waals surface area contributed by atoms with E-state index < -0.39 is 17.0 Å². The second-order valence-electron chi connectivity index (χ2n) is 3.67. The fourth-order valence-corrected chi connectivity index (χ4v) is 2.02. The van der Waals surface area contributed by atoms with Crippen molar-refractivity contribution >= 4 is 29.0 Å². The normalized spacial score (nSPS) is 12.2. The molecule has 1 unspecified atom stereocenters. The van der Waals surface area contributed by atoms with Crippen molar-refractivity contribution in [1.82, 2.24) is 4.98 Å². The fraction of sp³-hybridized carbons (Fsp3) is 0.0769. The summed E-state index contributed by atoms with van der Waals surface area (Å²) in [4.78, 5) is 15.9. The van der Waals surface area contributed by atoms with Crippen molar-refractivity contribution in [3.8, 4) is 0 Å². The molecular formula is C13H8Cl2FNO. The Morgan fingerprint density at radius 1 is 1.22 bits per heavy atom. The van der Waals surface area contributed by atoms with Crippen LogP contribution >= 0.6 is 23.2 Å². The van der Waals surface area contributed by atoms with Gasteiger partial charge in [-0.25, -0.2) is 4.39 Å². The van der Waals surface area contributed by atoms with Gasteiger partial charge in [0.25, 0.3) is 0 Å². The van der Waals surface area contributed by atoms with E-state index in [0.29, 0.717) is 5.56 Å². The lowest BCUT2D eigenvalue weighted by Crippen LogP contribution is -2.08. The Hall–Kier alpha value is -1.45. The number of nitrogens with zero attached hydrogens (tertiary/aromatic N) is 1. The SMILES string of the molecule is O=C(c1cc(F)cc(Cl)c1)C(Cl)c1ccncc1. The van der Waals surface area contributed by atoms with Gasteiger partial charge in [-0.05, 0) is 35.9 Å². The van der Waals surface area contributed by atoms with Crippen LogP contribution in [0.3, 0.4) is 0 Å². The van der Waals surface area contributed by atoms with E-state index >= 15 is 0 Å². The van der Waals surface area contributed by atoms with Crippen molar-refractivity contribution in [2.45, 2.75) is 5.38 Å². The van der Waals surface area contributed by atoms with Crippen LogP contribution in [0.4, 0.5) is 4.39 Å². The maximum Gasteiger partial charge on any atom is 0.185 e. The zero-order chi connectivity index (χ0) is 13.1. The van der Waals surface area contributed by atoms with Crippen molar-refractivity contribution in [2.75, 3.05) is 0 Å². The molecule has 2 rings (SSSR count). The Bertz CT molecular complexity index is 554. The molecule has 0 bridgehead atoms. The molecule has 2 aromatic rings. The van der Waals surface area contributed by atoms with E-state index in [1.54, 1.807) is 12.1 Å². The van der Waals surface area contributed by atoms with E-state index in [-0.39, 0.29) is 10.6 Å². The molecular weight excluding hydrogens is 276 g/mol. The molecule has 0 aliphatic rings. The van der Waals surface area contributed by atoms with Crippen LogP contribution in [0, 0.1) is 5.82 Å². The van der Waals surface area contributed by atoms with Gasteiger partial charge in [-0.1, -0.05) is 11.6 Å². The number of alkyl halides is 1. The number of hydrogen-bond donors (Lipinski definition) is 0. The van der Waals surface area contributed by atoms with Gasteiger partial charge < -0.3 is 0 Å². The predicted octanol–water partition coefficient (Wildman–Crippen LogP) is 4.04. The molecule has 1 atom stereocenters. The zero-order valence-corrected chi connectivity index (χ0v) is 10.6. The third-order valence-corrected chi connectivity index (χ3v) is 3.04. The van der Waals surface area contributed by atoms with Crippen LogP contribution < -0.4 is 0 Å². The third-order valence-electron chi connectivity index (χ3n) is 2.38. The van der Waals surface area contributed by atoms with Gasteiger partial charge in [0.1, 0.15) is 11.2 Å². The number of aromatic nitrogens is 1. The lowest BCUT2D eigenvalue weighted by Gasteiger charge is -2.09. The Labute approximate surface area is 113 Å². The summed E-state index contributed by atoms with van der Waals surface area (Å²) in [6, 6.07) is 6.91. The molecule has 0 spiro atoms. The Morgan fingerprint density at radius 3 is 2.50 bits per heavy atom. The second kappa shape index (κ2) is 5.46. The van der Waals surface area contributed by atoms with Crippen molar-refractivity contribution < 1.29 is 9.18 Å². The average Bonchev–Trinajstić information content (AvgIpc) is 2.37. The Balaban J connectivity index is 2.31. The van der Waals surface area contributed by atoms with E-state index in [2.05, 4.69) is 4.98 Å². The van der Waals surface area contributed by atoms with Gasteiger partial charge in [-0.15, -0.1) is 11.6 Å². The first-order valence-corrected chi connectivity index (χ1v) is 5.93. The molecule has 0 fully saturated rings. The van der Waals surface area contributed by atoms with Crippen molar-refractivity contribution in [3.63, 3.8) is 0 Å². The first kappa shape index (κ1) is 13.0. The largest absolute Gasteiger partial charge is 0.292 e. The molecule has 1 heterocycles. The Morgan fingerprint density at radius 2 is 1.89 bits per heavy atom. The number of carbonyl (C=O) groups is 1. The van der Waals surface area contributed by atoms with Crippen molar-refractivity contribution in [3.05, 3.63) is 64.7 Å². The van der Waals surface area contributed by atoms with E-state index in [1.807, 2.05) is 0 Å². The number of pyridine rings is 1. The number of Topliss-reactive ketones (excluding diaryl/α,β-unsaturated/α-hetero) is 1. The molecule has 0 amide bonds. The monoisotopic (exact) mass is 283 g/mol. The molecule has 5 heteroatoms. The number of rotatable bonds is 3. The minimum Gasteiger partial charge on any atom is -0.292 e. The summed E-state index contributed by atoms with van der Waals surface area (Å²) in [5.74, 6) is -0.964. The van der Waals surface area contributed by atoms with Crippen LogP contribution in [-0.4, -0.2) is 10.8 Å². The van der Waals surface area contributed by atoms with Crippen LogP contribution in [0.1, 0.15) is 21.3 Å². The van der Waals surface area contributed by atoms with Gasteiger partial charge in [0.2, 0.25) is 0 Å². The molecule has 0 saturated heterocycles. The lowest BCUT2D eigenvalue weighted by atomic mass is 10.0. The Kier molecular flexibility index (Phi) is 3.94. The smallest absolute Gasteiger partial charge is 0.185 e. The number of carbonyl (C=O) groups excluding carboxylic acids is 1. The molecule has 0 radical (unpaired) electrons. The van der Waals surface area contributed by atoms with Crippen LogP contribution in [0.25, 0.3) is 0 Å². The fourth-order valence-electron chi connectivity index (χ4n) is 1.53. The highest BCUT2D eigenvalue weighted by molar-refractivity contribution is 6.35. The van der Waals surface area contributed by atoms with E-state index in [0.717, 1.165) is 12.1 Å². The standard InChI is InChI=1S/C13H8Cl2FNO/c14-10-5-9(6-11(16)7-10)13(18)12(15)8-1-3-17-4-2-8/h1-7,12H. The molecule has 0 aliphatic heterocycles. The summed E-state index contributed by atoms with van der Waals surface area (Å²) in [7, 11) is 0. The molecule has 2 nitrogen and oxygen atoms in total. The van der Waals surface area contributed by atoms with Gasteiger partial charge in [0.15, 0.2) is 5.78 Å². The van der Waals surface area contributed by atoms with Crippen LogP contribution in [0.2, 0.25) is 5.02 Å². The van der Waals surface area contributed by atoms with Gasteiger partial charge in [-0.2, -0.15) is 0 Å². The van der Waals surface area contributed by atoms with Gasteiger partial charge >= 0.3 is 0 Å². The van der Waals surface area contributed by atoms with E-state index in [9.17, 15) is 9.18 Å². The number of hydrogen-bond acceptors (Lipinski definition) is 2.